The molecule has 0 radical (unpaired) electrons. The van der Waals surface area contributed by atoms with Crippen molar-refractivity contribution in [2.24, 2.45) is 0 Å². The molecule has 2 aliphatic rings. The first-order valence-corrected chi connectivity index (χ1v) is 8.70. The Morgan fingerprint density at radius 2 is 1.83 bits per heavy atom. The number of aromatic nitrogens is 1. The van der Waals surface area contributed by atoms with Gasteiger partial charge in [0.15, 0.2) is 0 Å². The highest BCUT2D eigenvalue weighted by Gasteiger charge is 2.27. The van der Waals surface area contributed by atoms with Gasteiger partial charge in [-0.1, -0.05) is 30.3 Å². The average molecular weight is 325 g/mol. The molecular weight excluding hydrogens is 302 g/mol. The van der Waals surface area contributed by atoms with Gasteiger partial charge in [-0.25, -0.2) is 0 Å². The summed E-state index contributed by atoms with van der Waals surface area (Å²) < 4.78 is 5.42. The van der Waals surface area contributed by atoms with E-state index >= 15 is 0 Å². The van der Waals surface area contributed by atoms with Gasteiger partial charge >= 0.3 is 0 Å². The number of nitrogens with zero attached hydrogens (tertiary/aromatic N) is 2. The SMILES string of the molecule is O=c1cc(N2CCOCC2)cc(N2CCC[C@@H]2c2ccccc2)[nH]1. The van der Waals surface area contributed by atoms with Crippen molar-refractivity contribution in [1.29, 1.82) is 0 Å². The largest absolute Gasteiger partial charge is 0.378 e. The lowest BCUT2D eigenvalue weighted by Gasteiger charge is -2.31. The first kappa shape index (κ1) is 15.3. The van der Waals surface area contributed by atoms with Crippen molar-refractivity contribution in [3.8, 4) is 0 Å². The average Bonchev–Trinajstić information content (AvgIpc) is 3.12. The maximum atomic E-state index is 12.2. The van der Waals surface area contributed by atoms with Crippen molar-refractivity contribution < 1.29 is 4.74 Å². The number of morpholine rings is 1. The van der Waals surface area contributed by atoms with E-state index in [1.807, 2.05) is 6.07 Å². The molecule has 0 saturated carbocycles. The number of H-pyrrole nitrogens is 1. The Labute approximate surface area is 141 Å². The molecule has 1 aromatic carbocycles. The molecule has 2 fully saturated rings. The third-order valence-electron chi connectivity index (χ3n) is 4.94. The van der Waals surface area contributed by atoms with Gasteiger partial charge in [-0.3, -0.25) is 4.79 Å². The summed E-state index contributed by atoms with van der Waals surface area (Å²) >= 11 is 0. The lowest BCUT2D eigenvalue weighted by atomic mass is 10.0. The number of hydrogen-bond donors (Lipinski definition) is 1. The van der Waals surface area contributed by atoms with Gasteiger partial charge in [0.25, 0.3) is 5.56 Å². The van der Waals surface area contributed by atoms with Crippen LogP contribution in [0.1, 0.15) is 24.4 Å². The molecule has 0 spiro atoms. The van der Waals surface area contributed by atoms with E-state index in [9.17, 15) is 4.79 Å². The maximum absolute atomic E-state index is 12.2. The second kappa shape index (κ2) is 6.69. The van der Waals surface area contributed by atoms with Gasteiger partial charge in [0.2, 0.25) is 0 Å². The fourth-order valence-corrected chi connectivity index (χ4v) is 3.75. The topological polar surface area (TPSA) is 48.6 Å². The number of ether oxygens (including phenoxy) is 1. The van der Waals surface area contributed by atoms with Crippen molar-refractivity contribution in [3.63, 3.8) is 0 Å². The van der Waals surface area contributed by atoms with Crippen LogP contribution in [-0.4, -0.2) is 37.8 Å². The summed E-state index contributed by atoms with van der Waals surface area (Å²) in [6, 6.07) is 14.7. The van der Waals surface area contributed by atoms with Crippen LogP contribution in [0.25, 0.3) is 0 Å². The minimum atomic E-state index is -0.0345. The molecule has 2 aromatic rings. The molecule has 126 valence electrons. The molecule has 2 aliphatic heterocycles. The quantitative estimate of drug-likeness (QED) is 0.942. The van der Waals surface area contributed by atoms with Crippen LogP contribution in [0.4, 0.5) is 11.5 Å². The standard InChI is InChI=1S/C19H23N3O2/c23-19-14-16(21-9-11-24-12-10-21)13-18(20-19)22-8-4-7-17(22)15-5-2-1-3-6-15/h1-3,5-6,13-14,17H,4,7-12H2,(H,20,23)/t17-/m1/s1. The molecule has 4 rings (SSSR count). The van der Waals surface area contributed by atoms with Gasteiger partial charge in [-0.2, -0.15) is 0 Å². The van der Waals surface area contributed by atoms with Crippen LogP contribution in [0.3, 0.4) is 0 Å². The number of aromatic amines is 1. The first-order valence-electron chi connectivity index (χ1n) is 8.70. The summed E-state index contributed by atoms with van der Waals surface area (Å²) in [5, 5.41) is 0. The van der Waals surface area contributed by atoms with E-state index in [0.717, 1.165) is 57.2 Å². The fraction of sp³-hybridized carbons (Fsp3) is 0.421. The number of rotatable bonds is 3. The van der Waals surface area contributed by atoms with Crippen LogP contribution < -0.4 is 15.4 Å². The number of anilines is 2. The molecule has 1 N–H and O–H groups in total. The molecule has 2 saturated heterocycles. The number of nitrogens with one attached hydrogen (secondary N) is 1. The fourth-order valence-electron chi connectivity index (χ4n) is 3.75. The van der Waals surface area contributed by atoms with Crippen LogP contribution in [-0.2, 0) is 4.74 Å². The smallest absolute Gasteiger partial charge is 0.251 e. The molecule has 3 heterocycles. The first-order chi connectivity index (χ1) is 11.8. The highest BCUT2D eigenvalue weighted by Crippen LogP contribution is 2.35. The molecule has 24 heavy (non-hydrogen) atoms. The molecular formula is C19H23N3O2. The van der Waals surface area contributed by atoms with Gasteiger partial charge in [-0.15, -0.1) is 0 Å². The van der Waals surface area contributed by atoms with E-state index in [2.05, 4.69) is 45.1 Å². The Bertz CT molecular complexity index is 738. The Balaban J connectivity index is 1.65. The van der Waals surface area contributed by atoms with E-state index < -0.39 is 0 Å². The van der Waals surface area contributed by atoms with Crippen LogP contribution in [0.5, 0.6) is 0 Å². The summed E-state index contributed by atoms with van der Waals surface area (Å²) in [4.78, 5) is 19.8. The summed E-state index contributed by atoms with van der Waals surface area (Å²) in [5.41, 5.74) is 2.27. The van der Waals surface area contributed by atoms with E-state index in [4.69, 9.17) is 4.74 Å². The monoisotopic (exact) mass is 325 g/mol. The number of benzene rings is 1. The van der Waals surface area contributed by atoms with Crippen molar-refractivity contribution in [2.45, 2.75) is 18.9 Å². The minimum Gasteiger partial charge on any atom is -0.378 e. The maximum Gasteiger partial charge on any atom is 0.251 e. The molecule has 0 amide bonds. The summed E-state index contributed by atoms with van der Waals surface area (Å²) in [6.45, 7) is 4.09. The highest BCUT2D eigenvalue weighted by atomic mass is 16.5. The van der Waals surface area contributed by atoms with Crippen molar-refractivity contribution >= 4 is 11.5 Å². The van der Waals surface area contributed by atoms with Crippen LogP contribution >= 0.6 is 0 Å². The molecule has 0 bridgehead atoms. The molecule has 0 aliphatic carbocycles. The van der Waals surface area contributed by atoms with Gasteiger partial charge in [-0.05, 0) is 18.4 Å². The normalized spacial score (nSPS) is 21.2. The Morgan fingerprint density at radius 1 is 1.04 bits per heavy atom. The number of pyridine rings is 1. The van der Waals surface area contributed by atoms with Gasteiger partial charge in [0.1, 0.15) is 5.82 Å². The van der Waals surface area contributed by atoms with Gasteiger partial charge < -0.3 is 19.5 Å². The van der Waals surface area contributed by atoms with Crippen LogP contribution in [0.2, 0.25) is 0 Å². The lowest BCUT2D eigenvalue weighted by molar-refractivity contribution is 0.122. The van der Waals surface area contributed by atoms with Crippen molar-refractivity contribution in [2.75, 3.05) is 42.6 Å². The number of hydrogen-bond acceptors (Lipinski definition) is 4. The lowest BCUT2D eigenvalue weighted by Crippen LogP contribution is -2.37. The zero-order chi connectivity index (χ0) is 16.4. The molecule has 1 aromatic heterocycles. The zero-order valence-electron chi connectivity index (χ0n) is 13.8. The molecule has 1 atom stereocenters. The predicted octanol–water partition coefficient (Wildman–Crippen LogP) is 2.55. The molecule has 5 nitrogen and oxygen atoms in total. The van der Waals surface area contributed by atoms with Gasteiger partial charge in [0.05, 0.1) is 19.3 Å². The Morgan fingerprint density at radius 3 is 2.62 bits per heavy atom. The third-order valence-corrected chi connectivity index (χ3v) is 4.94. The second-order valence-electron chi connectivity index (χ2n) is 6.45. The Kier molecular flexibility index (Phi) is 4.26. The Hall–Kier alpha value is -2.27. The predicted molar refractivity (Wildman–Crippen MR) is 95.9 cm³/mol. The summed E-state index contributed by atoms with van der Waals surface area (Å²) in [7, 11) is 0. The van der Waals surface area contributed by atoms with E-state index in [-0.39, 0.29) is 5.56 Å². The van der Waals surface area contributed by atoms with E-state index in [1.54, 1.807) is 6.07 Å². The summed E-state index contributed by atoms with van der Waals surface area (Å²) in [6.07, 6.45) is 2.26. The third kappa shape index (κ3) is 3.04. The van der Waals surface area contributed by atoms with Gasteiger partial charge in [0, 0.05) is 37.5 Å². The van der Waals surface area contributed by atoms with Crippen LogP contribution in [0, 0.1) is 0 Å². The minimum absolute atomic E-state index is 0.0345. The second-order valence-corrected chi connectivity index (χ2v) is 6.45. The highest BCUT2D eigenvalue weighted by molar-refractivity contribution is 5.56. The summed E-state index contributed by atoms with van der Waals surface area (Å²) in [5.74, 6) is 0.926. The van der Waals surface area contributed by atoms with E-state index in [0.29, 0.717) is 6.04 Å². The zero-order valence-corrected chi connectivity index (χ0v) is 13.8. The van der Waals surface area contributed by atoms with Crippen LogP contribution in [0.15, 0.2) is 47.3 Å². The van der Waals surface area contributed by atoms with Crippen molar-refractivity contribution in [3.05, 3.63) is 58.4 Å². The molecule has 0 unspecified atom stereocenters. The van der Waals surface area contributed by atoms with E-state index in [1.165, 1.54) is 5.56 Å². The molecule has 5 heteroatoms. The van der Waals surface area contributed by atoms with Crippen molar-refractivity contribution in [1.82, 2.24) is 4.98 Å².